The molecule has 6 nitrogen and oxygen atoms in total. The summed E-state index contributed by atoms with van der Waals surface area (Å²) in [5, 5.41) is 15.2. The molecule has 1 heterocycles. The Balaban J connectivity index is 1.96. The fraction of sp³-hybridized carbons (Fsp3) is 0.333. The molecule has 0 amide bonds. The van der Waals surface area contributed by atoms with Crippen molar-refractivity contribution in [3.63, 3.8) is 0 Å². The second-order valence-corrected chi connectivity index (χ2v) is 8.65. The molecule has 2 aromatic carbocycles. The van der Waals surface area contributed by atoms with Gasteiger partial charge in [-0.1, -0.05) is 38.1 Å². The first-order valence-electron chi connectivity index (χ1n) is 10.0. The summed E-state index contributed by atoms with van der Waals surface area (Å²) in [6.07, 6.45) is 1.11. The number of fused-ring (bicyclic) bond motifs is 1. The molecule has 1 aliphatic heterocycles. The predicted molar refractivity (Wildman–Crippen MR) is 113 cm³/mol. The highest BCUT2D eigenvalue weighted by Gasteiger charge is 2.41. The number of carboxylic acid groups (broad SMARTS) is 1. The normalized spacial score (nSPS) is 20.0. The lowest BCUT2D eigenvalue weighted by atomic mass is 9.73. The van der Waals surface area contributed by atoms with Gasteiger partial charge in [0.25, 0.3) is 0 Å². The van der Waals surface area contributed by atoms with Crippen molar-refractivity contribution in [2.75, 3.05) is 23.9 Å². The Morgan fingerprint density at radius 2 is 1.87 bits per heavy atom. The molecule has 0 radical (unpaired) electrons. The quantitative estimate of drug-likeness (QED) is 0.842. The number of nitrogens with one attached hydrogen (secondary N) is 1. The number of hydrogen-bond donors (Lipinski definition) is 1. The van der Waals surface area contributed by atoms with Gasteiger partial charge in [-0.15, -0.1) is 0 Å². The van der Waals surface area contributed by atoms with E-state index in [9.17, 15) is 14.7 Å². The summed E-state index contributed by atoms with van der Waals surface area (Å²) in [5.41, 5.74) is 3.64. The number of aliphatic carboxylic acids is 1. The van der Waals surface area contributed by atoms with E-state index < -0.39 is 12.0 Å². The number of para-hydroxylation sites is 2. The van der Waals surface area contributed by atoms with Crippen LogP contribution in [0.4, 0.5) is 11.4 Å². The van der Waals surface area contributed by atoms with Crippen molar-refractivity contribution in [1.82, 2.24) is 0 Å². The van der Waals surface area contributed by atoms with Crippen LogP contribution in [-0.2, 0) is 9.59 Å². The minimum Gasteiger partial charge on any atom is -0.548 e. The number of ketones is 1. The molecular weight excluding hydrogens is 380 g/mol. The van der Waals surface area contributed by atoms with Crippen LogP contribution in [0, 0.1) is 5.41 Å². The fourth-order valence-corrected chi connectivity index (χ4v) is 4.50. The van der Waals surface area contributed by atoms with Crippen molar-refractivity contribution in [3.05, 3.63) is 65.4 Å². The van der Waals surface area contributed by atoms with E-state index in [4.69, 9.17) is 4.74 Å². The van der Waals surface area contributed by atoms with Crippen molar-refractivity contribution in [3.8, 4) is 5.75 Å². The molecule has 2 aromatic rings. The number of Topliss-reactive ketones (excluding diaryl/α,β-unsaturated/α-hetero) is 1. The molecule has 30 heavy (non-hydrogen) atoms. The number of ether oxygens (including phenoxy) is 1. The standard InChI is InChI=1S/C24H26N2O4/c1-24(2)12-18-22(20(27)13-24)23(15-8-10-16(30-3)11-9-15)26(14-21(28)29)19-7-5-4-6-17(19)25-18/h4-11,23,25H,12-14H2,1-3H3,(H,28,29)/p-1/t23-/m0/s1. The van der Waals surface area contributed by atoms with E-state index in [0.29, 0.717) is 24.2 Å². The average Bonchev–Trinajstić information content (AvgIpc) is 2.81. The number of hydrogen-bond acceptors (Lipinski definition) is 6. The van der Waals surface area contributed by atoms with Gasteiger partial charge in [0.2, 0.25) is 0 Å². The monoisotopic (exact) mass is 405 g/mol. The first-order chi connectivity index (χ1) is 14.3. The summed E-state index contributed by atoms with van der Waals surface area (Å²) in [7, 11) is 1.59. The highest BCUT2D eigenvalue weighted by molar-refractivity contribution is 6.01. The first kappa shape index (κ1) is 20.0. The number of carbonyl (C=O) groups excluding carboxylic acids is 2. The van der Waals surface area contributed by atoms with Crippen molar-refractivity contribution in [1.29, 1.82) is 0 Å². The van der Waals surface area contributed by atoms with E-state index in [1.165, 1.54) is 0 Å². The van der Waals surface area contributed by atoms with Gasteiger partial charge in [0, 0.05) is 17.7 Å². The molecule has 0 spiro atoms. The molecule has 156 valence electrons. The molecule has 6 heteroatoms. The Labute approximate surface area is 176 Å². The first-order valence-corrected chi connectivity index (χ1v) is 10.0. The molecule has 0 bridgehead atoms. The number of methoxy groups -OCH3 is 1. The maximum Gasteiger partial charge on any atom is 0.163 e. The van der Waals surface area contributed by atoms with Crippen molar-refractivity contribution in [2.45, 2.75) is 32.7 Å². The van der Waals surface area contributed by atoms with E-state index in [0.717, 1.165) is 22.6 Å². The van der Waals surface area contributed by atoms with Gasteiger partial charge in [0.05, 0.1) is 37.0 Å². The Hall–Kier alpha value is -3.28. The van der Waals surface area contributed by atoms with Crippen LogP contribution in [0.15, 0.2) is 59.8 Å². The molecule has 1 N–H and O–H groups in total. The van der Waals surface area contributed by atoms with Gasteiger partial charge in [0.1, 0.15) is 5.75 Å². The van der Waals surface area contributed by atoms with Crippen molar-refractivity contribution < 1.29 is 19.4 Å². The summed E-state index contributed by atoms with van der Waals surface area (Å²) in [4.78, 5) is 26.8. The van der Waals surface area contributed by atoms with E-state index >= 15 is 0 Å². The average molecular weight is 405 g/mol. The fourth-order valence-electron chi connectivity index (χ4n) is 4.50. The van der Waals surface area contributed by atoms with Crippen LogP contribution in [0.25, 0.3) is 0 Å². The molecule has 0 unspecified atom stereocenters. The van der Waals surface area contributed by atoms with Gasteiger partial charge in [-0.3, -0.25) is 4.79 Å². The molecule has 1 aliphatic carbocycles. The maximum absolute atomic E-state index is 13.4. The second kappa shape index (κ2) is 7.52. The van der Waals surface area contributed by atoms with Crippen LogP contribution in [0.2, 0.25) is 0 Å². The minimum absolute atomic E-state index is 0.0331. The topological polar surface area (TPSA) is 81.7 Å². The zero-order chi connectivity index (χ0) is 21.5. The van der Waals surface area contributed by atoms with Crippen LogP contribution in [0.3, 0.4) is 0 Å². The number of benzene rings is 2. The Morgan fingerprint density at radius 1 is 1.17 bits per heavy atom. The summed E-state index contributed by atoms with van der Waals surface area (Å²) < 4.78 is 5.27. The van der Waals surface area contributed by atoms with Gasteiger partial charge in [-0.05, 0) is 41.7 Å². The Bertz CT molecular complexity index is 1020. The number of carboxylic acids is 1. The van der Waals surface area contributed by atoms with Gasteiger partial charge in [0.15, 0.2) is 5.78 Å². The third kappa shape index (κ3) is 3.65. The van der Waals surface area contributed by atoms with Crippen molar-refractivity contribution >= 4 is 23.1 Å². The van der Waals surface area contributed by atoms with E-state index in [-0.39, 0.29) is 17.7 Å². The summed E-state index contributed by atoms with van der Waals surface area (Å²) in [5.74, 6) is -0.468. The van der Waals surface area contributed by atoms with Gasteiger partial charge in [-0.25, -0.2) is 0 Å². The zero-order valence-corrected chi connectivity index (χ0v) is 17.4. The maximum atomic E-state index is 13.4. The number of carbonyl (C=O) groups is 2. The molecule has 0 saturated heterocycles. The molecule has 0 saturated carbocycles. The van der Waals surface area contributed by atoms with Crippen LogP contribution in [-0.4, -0.2) is 25.4 Å². The number of rotatable bonds is 4. The van der Waals surface area contributed by atoms with Crippen LogP contribution in [0.1, 0.15) is 38.3 Å². The van der Waals surface area contributed by atoms with Gasteiger partial charge in [-0.2, -0.15) is 0 Å². The molecule has 0 fully saturated rings. The van der Waals surface area contributed by atoms with E-state index in [1.54, 1.807) is 12.0 Å². The lowest BCUT2D eigenvalue weighted by Gasteiger charge is -2.38. The number of nitrogens with zero attached hydrogens (tertiary/aromatic N) is 1. The third-order valence-corrected chi connectivity index (χ3v) is 5.74. The van der Waals surface area contributed by atoms with Gasteiger partial charge >= 0.3 is 0 Å². The lowest BCUT2D eigenvalue weighted by molar-refractivity contribution is -0.303. The summed E-state index contributed by atoms with van der Waals surface area (Å²) >= 11 is 0. The van der Waals surface area contributed by atoms with Crippen LogP contribution < -0.4 is 20.1 Å². The zero-order valence-electron chi connectivity index (χ0n) is 17.4. The highest BCUT2D eigenvalue weighted by Crippen LogP contribution is 2.48. The third-order valence-electron chi connectivity index (χ3n) is 5.74. The molecule has 1 atom stereocenters. The molecule has 4 rings (SSSR count). The minimum atomic E-state index is -1.20. The SMILES string of the molecule is COc1ccc([C@H]2C3=C(CC(C)(C)CC3=O)Nc3ccccc3N2CC(=O)[O-])cc1. The van der Waals surface area contributed by atoms with E-state index in [1.807, 2.05) is 48.5 Å². The van der Waals surface area contributed by atoms with E-state index in [2.05, 4.69) is 19.2 Å². The smallest absolute Gasteiger partial charge is 0.163 e. The highest BCUT2D eigenvalue weighted by atomic mass is 16.5. The summed E-state index contributed by atoms with van der Waals surface area (Å²) in [6.45, 7) is 3.83. The lowest BCUT2D eigenvalue weighted by Crippen LogP contribution is -2.42. The largest absolute Gasteiger partial charge is 0.548 e. The van der Waals surface area contributed by atoms with Crippen LogP contribution >= 0.6 is 0 Å². The molecule has 2 aliphatic rings. The predicted octanol–water partition coefficient (Wildman–Crippen LogP) is 3.06. The molecular formula is C24H25N2O4-. The summed E-state index contributed by atoms with van der Waals surface area (Å²) in [6, 6.07) is 14.4. The Morgan fingerprint density at radius 3 is 2.53 bits per heavy atom. The Kier molecular flexibility index (Phi) is 5.02. The van der Waals surface area contributed by atoms with Crippen molar-refractivity contribution in [2.24, 2.45) is 5.41 Å². The number of allylic oxidation sites excluding steroid dienone is 1. The van der Waals surface area contributed by atoms with Crippen LogP contribution in [0.5, 0.6) is 5.75 Å². The molecule has 0 aromatic heterocycles. The number of anilines is 2. The van der Waals surface area contributed by atoms with Gasteiger partial charge < -0.3 is 24.9 Å². The second-order valence-electron chi connectivity index (χ2n) is 8.65.